The summed E-state index contributed by atoms with van der Waals surface area (Å²) in [5.41, 5.74) is 1.13. The number of benzene rings is 1. The third-order valence-corrected chi connectivity index (χ3v) is 3.07. The maximum atomic E-state index is 9.94. The molecule has 1 rings (SSSR count). The van der Waals surface area contributed by atoms with Crippen LogP contribution in [0.5, 0.6) is 0 Å². The third kappa shape index (κ3) is 7.22. The lowest BCUT2D eigenvalue weighted by Crippen LogP contribution is -2.33. The molecule has 0 saturated carbocycles. The van der Waals surface area contributed by atoms with Crippen LogP contribution in [0.4, 0.5) is 0 Å². The van der Waals surface area contributed by atoms with Crippen molar-refractivity contribution in [3.63, 3.8) is 0 Å². The summed E-state index contributed by atoms with van der Waals surface area (Å²) in [4.78, 5) is 2.04. The van der Waals surface area contributed by atoms with Crippen LogP contribution in [-0.4, -0.2) is 56.1 Å². The van der Waals surface area contributed by atoms with Gasteiger partial charge in [0.2, 0.25) is 0 Å². The SMILES string of the molecule is COCC(C)OCC(O)CN(C)Cc1cccc(Cl)c1. The monoisotopic (exact) mass is 301 g/mol. The molecule has 0 spiro atoms. The Labute approximate surface area is 126 Å². The smallest absolute Gasteiger partial charge is 0.0900 e. The van der Waals surface area contributed by atoms with Crippen molar-refractivity contribution in [3.8, 4) is 0 Å². The van der Waals surface area contributed by atoms with Gasteiger partial charge in [0.1, 0.15) is 0 Å². The molecule has 0 aliphatic rings. The topological polar surface area (TPSA) is 41.9 Å². The Hall–Kier alpha value is -0.650. The lowest BCUT2D eigenvalue weighted by molar-refractivity contribution is -0.0385. The summed E-state index contributed by atoms with van der Waals surface area (Å²) in [5.74, 6) is 0. The molecule has 0 aliphatic carbocycles. The lowest BCUT2D eigenvalue weighted by Gasteiger charge is -2.22. The maximum absolute atomic E-state index is 9.94. The summed E-state index contributed by atoms with van der Waals surface area (Å²) in [5, 5.41) is 10.7. The summed E-state index contributed by atoms with van der Waals surface area (Å²) < 4.78 is 10.5. The highest BCUT2D eigenvalue weighted by Crippen LogP contribution is 2.12. The van der Waals surface area contributed by atoms with Crippen LogP contribution in [0.1, 0.15) is 12.5 Å². The van der Waals surface area contributed by atoms with Gasteiger partial charge >= 0.3 is 0 Å². The Morgan fingerprint density at radius 3 is 2.75 bits per heavy atom. The van der Waals surface area contributed by atoms with Crippen molar-refractivity contribution in [2.75, 3.05) is 33.9 Å². The first-order valence-corrected chi connectivity index (χ1v) is 7.10. The van der Waals surface area contributed by atoms with Gasteiger partial charge in [-0.3, -0.25) is 4.90 Å². The Bertz CT molecular complexity index is 389. The molecule has 0 fully saturated rings. The van der Waals surface area contributed by atoms with Gasteiger partial charge in [0, 0.05) is 25.2 Å². The van der Waals surface area contributed by atoms with E-state index in [0.29, 0.717) is 19.8 Å². The number of halogens is 1. The van der Waals surface area contributed by atoms with Crippen molar-refractivity contribution in [2.45, 2.75) is 25.7 Å². The van der Waals surface area contributed by atoms with Crippen LogP contribution in [0.15, 0.2) is 24.3 Å². The van der Waals surface area contributed by atoms with Crippen molar-refractivity contribution < 1.29 is 14.6 Å². The highest BCUT2D eigenvalue weighted by molar-refractivity contribution is 6.30. The highest BCUT2D eigenvalue weighted by atomic mass is 35.5. The number of ether oxygens (including phenoxy) is 2. The standard InChI is InChI=1S/C15H24ClNO3/c1-12(10-19-3)20-11-15(18)9-17(2)8-13-5-4-6-14(16)7-13/h4-7,12,15,18H,8-11H2,1-3H3. The third-order valence-electron chi connectivity index (χ3n) is 2.84. The molecular weight excluding hydrogens is 278 g/mol. The van der Waals surface area contributed by atoms with E-state index in [2.05, 4.69) is 0 Å². The minimum atomic E-state index is -0.515. The number of aliphatic hydroxyl groups is 1. The van der Waals surface area contributed by atoms with E-state index in [4.69, 9.17) is 21.1 Å². The van der Waals surface area contributed by atoms with Crippen LogP contribution in [0, 0.1) is 0 Å². The highest BCUT2D eigenvalue weighted by Gasteiger charge is 2.11. The van der Waals surface area contributed by atoms with Crippen molar-refractivity contribution in [1.29, 1.82) is 0 Å². The number of likely N-dealkylation sites (N-methyl/N-ethyl adjacent to an activating group) is 1. The summed E-state index contributed by atoms with van der Waals surface area (Å²) in [6, 6.07) is 7.73. The molecule has 0 aliphatic heterocycles. The van der Waals surface area contributed by atoms with Crippen LogP contribution in [0.2, 0.25) is 5.02 Å². The molecule has 114 valence electrons. The van der Waals surface area contributed by atoms with E-state index in [-0.39, 0.29) is 6.10 Å². The molecule has 0 radical (unpaired) electrons. The van der Waals surface area contributed by atoms with Crippen LogP contribution in [-0.2, 0) is 16.0 Å². The molecule has 1 aromatic carbocycles. The number of aliphatic hydroxyl groups excluding tert-OH is 1. The molecule has 2 unspecified atom stereocenters. The predicted octanol–water partition coefficient (Wildman–Crippen LogP) is 2.18. The number of hydrogen-bond acceptors (Lipinski definition) is 4. The summed E-state index contributed by atoms with van der Waals surface area (Å²) in [6.07, 6.45) is -0.522. The molecule has 4 nitrogen and oxygen atoms in total. The molecule has 0 heterocycles. The van der Waals surface area contributed by atoms with Crippen LogP contribution in [0.25, 0.3) is 0 Å². The van der Waals surface area contributed by atoms with E-state index in [1.165, 1.54) is 0 Å². The van der Waals surface area contributed by atoms with Gasteiger partial charge in [-0.15, -0.1) is 0 Å². The largest absolute Gasteiger partial charge is 0.389 e. The summed E-state index contributed by atoms with van der Waals surface area (Å²) >= 11 is 5.95. The number of methoxy groups -OCH3 is 1. The second kappa shape index (κ2) is 9.32. The zero-order chi connectivity index (χ0) is 15.0. The fourth-order valence-electron chi connectivity index (χ4n) is 1.98. The van der Waals surface area contributed by atoms with Crippen LogP contribution < -0.4 is 0 Å². The van der Waals surface area contributed by atoms with E-state index in [9.17, 15) is 5.11 Å². The molecule has 0 bridgehead atoms. The quantitative estimate of drug-likeness (QED) is 0.759. The van der Waals surface area contributed by atoms with Crippen molar-refractivity contribution in [3.05, 3.63) is 34.9 Å². The van der Waals surface area contributed by atoms with E-state index in [0.717, 1.165) is 17.1 Å². The fraction of sp³-hybridized carbons (Fsp3) is 0.600. The number of rotatable bonds is 9. The first-order valence-electron chi connectivity index (χ1n) is 6.73. The zero-order valence-electron chi connectivity index (χ0n) is 12.4. The Morgan fingerprint density at radius 1 is 1.35 bits per heavy atom. The summed E-state index contributed by atoms with van der Waals surface area (Å²) in [7, 11) is 3.60. The van der Waals surface area contributed by atoms with Gasteiger partial charge in [-0.2, -0.15) is 0 Å². The predicted molar refractivity (Wildman–Crippen MR) is 81.1 cm³/mol. The molecule has 0 amide bonds. The molecule has 0 saturated heterocycles. The van der Waals surface area contributed by atoms with E-state index in [1.807, 2.05) is 43.1 Å². The molecule has 1 N–H and O–H groups in total. The van der Waals surface area contributed by atoms with Gasteiger partial charge in [0.25, 0.3) is 0 Å². The normalized spacial score (nSPS) is 14.5. The van der Waals surface area contributed by atoms with Crippen molar-refractivity contribution >= 4 is 11.6 Å². The minimum Gasteiger partial charge on any atom is -0.389 e. The molecular formula is C15H24ClNO3. The fourth-order valence-corrected chi connectivity index (χ4v) is 2.20. The van der Waals surface area contributed by atoms with Gasteiger partial charge in [0.05, 0.1) is 25.4 Å². The van der Waals surface area contributed by atoms with Crippen molar-refractivity contribution in [1.82, 2.24) is 4.90 Å². The van der Waals surface area contributed by atoms with E-state index < -0.39 is 6.10 Å². The molecule has 1 aromatic rings. The van der Waals surface area contributed by atoms with Gasteiger partial charge in [0.15, 0.2) is 0 Å². The minimum absolute atomic E-state index is 0.00659. The lowest BCUT2D eigenvalue weighted by atomic mass is 10.2. The molecule has 0 aromatic heterocycles. The molecule has 20 heavy (non-hydrogen) atoms. The zero-order valence-corrected chi connectivity index (χ0v) is 13.1. The van der Waals surface area contributed by atoms with Crippen molar-refractivity contribution in [2.24, 2.45) is 0 Å². The van der Waals surface area contributed by atoms with E-state index >= 15 is 0 Å². The number of hydrogen-bond donors (Lipinski definition) is 1. The van der Waals surface area contributed by atoms with Crippen LogP contribution >= 0.6 is 11.6 Å². The Morgan fingerprint density at radius 2 is 2.10 bits per heavy atom. The van der Waals surface area contributed by atoms with Crippen LogP contribution in [0.3, 0.4) is 0 Å². The molecule has 5 heteroatoms. The average molecular weight is 302 g/mol. The maximum Gasteiger partial charge on any atom is 0.0900 e. The first kappa shape index (κ1) is 17.4. The first-order chi connectivity index (χ1) is 9.51. The van der Waals surface area contributed by atoms with Gasteiger partial charge in [-0.25, -0.2) is 0 Å². The average Bonchev–Trinajstić information content (AvgIpc) is 2.36. The number of nitrogens with zero attached hydrogens (tertiary/aromatic N) is 1. The van der Waals surface area contributed by atoms with Gasteiger partial charge < -0.3 is 14.6 Å². The van der Waals surface area contributed by atoms with E-state index in [1.54, 1.807) is 7.11 Å². The second-order valence-electron chi connectivity index (χ2n) is 5.08. The van der Waals surface area contributed by atoms with Gasteiger partial charge in [-0.05, 0) is 31.7 Å². The van der Waals surface area contributed by atoms with Gasteiger partial charge in [-0.1, -0.05) is 23.7 Å². The Balaban J connectivity index is 2.29. The second-order valence-corrected chi connectivity index (χ2v) is 5.52. The Kier molecular flexibility index (Phi) is 8.11. The summed E-state index contributed by atoms with van der Waals surface area (Å²) in [6.45, 7) is 4.05. The molecule has 2 atom stereocenters.